The van der Waals surface area contributed by atoms with Crippen molar-refractivity contribution < 1.29 is 14.6 Å². The summed E-state index contributed by atoms with van der Waals surface area (Å²) < 4.78 is 5.75. The quantitative estimate of drug-likeness (QED) is 0.528. The molecule has 100 valence electrons. The Kier molecular flexibility index (Phi) is 5.28. The summed E-state index contributed by atoms with van der Waals surface area (Å²) in [5.41, 5.74) is -1.18. The molecule has 8 nitrogen and oxygen atoms in total. The molecule has 0 aliphatic carbocycles. The Morgan fingerprint density at radius 3 is 2.94 bits per heavy atom. The first-order chi connectivity index (χ1) is 8.52. The van der Waals surface area contributed by atoms with Crippen LogP contribution in [0.15, 0.2) is 21.9 Å². The maximum absolute atomic E-state index is 11.4. The highest BCUT2D eigenvalue weighted by atomic mass is 16.5. The van der Waals surface area contributed by atoms with E-state index in [1.807, 2.05) is 4.98 Å². The SMILES string of the molecule is COCC(O)CNC(=O)Cn1ccc(=O)[nH]c1=O. The van der Waals surface area contributed by atoms with Gasteiger partial charge >= 0.3 is 5.69 Å². The molecule has 0 aromatic carbocycles. The van der Waals surface area contributed by atoms with Crippen molar-refractivity contribution in [2.24, 2.45) is 0 Å². The van der Waals surface area contributed by atoms with Crippen LogP contribution in [0.25, 0.3) is 0 Å². The van der Waals surface area contributed by atoms with E-state index in [4.69, 9.17) is 4.74 Å². The number of nitrogens with one attached hydrogen (secondary N) is 2. The predicted octanol–water partition coefficient (Wildman–Crippen LogP) is -2.34. The van der Waals surface area contributed by atoms with E-state index in [-0.39, 0.29) is 19.7 Å². The van der Waals surface area contributed by atoms with Gasteiger partial charge in [0.15, 0.2) is 0 Å². The molecule has 18 heavy (non-hydrogen) atoms. The van der Waals surface area contributed by atoms with Gasteiger partial charge in [-0.25, -0.2) is 4.79 Å². The van der Waals surface area contributed by atoms with Gasteiger partial charge in [-0.15, -0.1) is 0 Å². The molecule has 0 spiro atoms. The molecule has 1 unspecified atom stereocenters. The Hall–Kier alpha value is -1.93. The molecule has 0 bridgehead atoms. The zero-order chi connectivity index (χ0) is 13.5. The van der Waals surface area contributed by atoms with Crippen molar-refractivity contribution in [2.45, 2.75) is 12.6 Å². The highest BCUT2D eigenvalue weighted by Gasteiger charge is 2.08. The van der Waals surface area contributed by atoms with Crippen LogP contribution in [0.1, 0.15) is 0 Å². The summed E-state index contributed by atoms with van der Waals surface area (Å²) in [5, 5.41) is 11.7. The van der Waals surface area contributed by atoms with Gasteiger partial charge < -0.3 is 15.2 Å². The minimum absolute atomic E-state index is 0.0325. The highest BCUT2D eigenvalue weighted by molar-refractivity contribution is 5.75. The van der Waals surface area contributed by atoms with Crippen LogP contribution < -0.4 is 16.6 Å². The number of methoxy groups -OCH3 is 1. The molecule has 1 aromatic heterocycles. The maximum Gasteiger partial charge on any atom is 0.328 e. The summed E-state index contributed by atoms with van der Waals surface area (Å²) in [6.45, 7) is -0.0843. The van der Waals surface area contributed by atoms with Gasteiger partial charge in [-0.2, -0.15) is 0 Å². The average Bonchev–Trinajstić information content (AvgIpc) is 2.31. The fourth-order valence-electron chi connectivity index (χ4n) is 1.26. The lowest BCUT2D eigenvalue weighted by Gasteiger charge is -2.11. The average molecular weight is 257 g/mol. The normalized spacial score (nSPS) is 12.1. The summed E-state index contributed by atoms with van der Waals surface area (Å²) in [6.07, 6.45) is 0.429. The Morgan fingerprint density at radius 2 is 2.33 bits per heavy atom. The molecule has 0 aliphatic heterocycles. The number of rotatable bonds is 6. The molecule has 3 N–H and O–H groups in total. The van der Waals surface area contributed by atoms with Crippen molar-refractivity contribution in [2.75, 3.05) is 20.3 Å². The zero-order valence-electron chi connectivity index (χ0n) is 9.88. The van der Waals surface area contributed by atoms with Crippen LogP contribution in [-0.2, 0) is 16.1 Å². The molecule has 1 aromatic rings. The van der Waals surface area contributed by atoms with Gasteiger partial charge in [-0.3, -0.25) is 19.1 Å². The summed E-state index contributed by atoms with van der Waals surface area (Å²) >= 11 is 0. The monoisotopic (exact) mass is 257 g/mol. The second-order valence-electron chi connectivity index (χ2n) is 3.65. The summed E-state index contributed by atoms with van der Waals surface area (Å²) in [4.78, 5) is 35.5. The molecule has 0 saturated heterocycles. The van der Waals surface area contributed by atoms with Crippen LogP contribution in [0, 0.1) is 0 Å². The van der Waals surface area contributed by atoms with Crippen LogP contribution in [0.5, 0.6) is 0 Å². The smallest absolute Gasteiger partial charge is 0.328 e. The summed E-state index contributed by atoms with van der Waals surface area (Å²) in [6, 6.07) is 1.15. The highest BCUT2D eigenvalue weighted by Crippen LogP contribution is 1.83. The van der Waals surface area contributed by atoms with Crippen LogP contribution in [0.3, 0.4) is 0 Å². The van der Waals surface area contributed by atoms with Crippen LogP contribution in [-0.4, -0.2) is 46.9 Å². The van der Waals surface area contributed by atoms with Crippen molar-refractivity contribution in [3.63, 3.8) is 0 Å². The molecule has 1 amide bonds. The third-order valence-corrected chi connectivity index (χ3v) is 2.10. The number of amides is 1. The number of carbonyl (C=O) groups excluding carboxylic acids is 1. The second-order valence-corrected chi connectivity index (χ2v) is 3.65. The molecule has 8 heteroatoms. The predicted molar refractivity (Wildman–Crippen MR) is 62.2 cm³/mol. The number of nitrogens with zero attached hydrogens (tertiary/aromatic N) is 1. The summed E-state index contributed by atoms with van der Waals surface area (Å²) in [7, 11) is 1.44. The largest absolute Gasteiger partial charge is 0.389 e. The van der Waals surface area contributed by atoms with Crippen LogP contribution >= 0.6 is 0 Å². The van der Waals surface area contributed by atoms with E-state index in [0.29, 0.717) is 0 Å². The van der Waals surface area contributed by atoms with Gasteiger partial charge in [0.25, 0.3) is 5.56 Å². The van der Waals surface area contributed by atoms with Crippen molar-refractivity contribution in [1.82, 2.24) is 14.9 Å². The molecule has 1 heterocycles. The van der Waals surface area contributed by atoms with Crippen LogP contribution in [0.4, 0.5) is 0 Å². The van der Waals surface area contributed by atoms with E-state index in [1.165, 1.54) is 13.3 Å². The molecule has 0 saturated carbocycles. The Balaban J connectivity index is 2.50. The molecule has 0 fully saturated rings. The van der Waals surface area contributed by atoms with Gasteiger partial charge in [-0.05, 0) is 0 Å². The van der Waals surface area contributed by atoms with Gasteiger partial charge in [0.2, 0.25) is 5.91 Å². The maximum atomic E-state index is 11.4. The fourth-order valence-corrected chi connectivity index (χ4v) is 1.26. The molecular formula is C10H15N3O5. The first-order valence-electron chi connectivity index (χ1n) is 5.26. The summed E-state index contributed by atoms with van der Waals surface area (Å²) in [5.74, 6) is -0.445. The van der Waals surface area contributed by atoms with E-state index in [2.05, 4.69) is 5.32 Å². The number of carbonyl (C=O) groups is 1. The first-order valence-corrected chi connectivity index (χ1v) is 5.26. The minimum Gasteiger partial charge on any atom is -0.389 e. The number of aliphatic hydroxyl groups is 1. The Bertz CT molecular complexity index is 507. The van der Waals surface area contributed by atoms with E-state index in [9.17, 15) is 19.5 Å². The van der Waals surface area contributed by atoms with Crippen molar-refractivity contribution in [3.05, 3.63) is 33.1 Å². The number of aromatic amines is 1. The standard InChI is InChI=1S/C10H15N3O5/c1-18-6-7(14)4-11-9(16)5-13-3-2-8(15)12-10(13)17/h2-3,7,14H,4-6H2,1H3,(H,11,16)(H,12,15,17). The Morgan fingerprint density at radius 1 is 1.61 bits per heavy atom. The fraction of sp³-hybridized carbons (Fsp3) is 0.500. The lowest BCUT2D eigenvalue weighted by molar-refractivity contribution is -0.122. The molecule has 0 radical (unpaired) electrons. The van der Waals surface area contributed by atoms with E-state index in [0.717, 1.165) is 10.6 Å². The lowest BCUT2D eigenvalue weighted by atomic mass is 10.3. The molecule has 0 aliphatic rings. The van der Waals surface area contributed by atoms with Gasteiger partial charge in [0.1, 0.15) is 6.54 Å². The number of hydrogen-bond donors (Lipinski definition) is 3. The Labute approximate surface area is 102 Å². The number of aromatic nitrogens is 2. The van der Waals surface area contributed by atoms with Gasteiger partial charge in [-0.1, -0.05) is 0 Å². The third kappa shape index (κ3) is 4.52. The molecule has 1 atom stereocenters. The lowest BCUT2D eigenvalue weighted by Crippen LogP contribution is -2.39. The molecule has 1 rings (SSSR count). The third-order valence-electron chi connectivity index (χ3n) is 2.10. The van der Waals surface area contributed by atoms with Crippen LogP contribution in [0.2, 0.25) is 0 Å². The van der Waals surface area contributed by atoms with E-state index < -0.39 is 23.3 Å². The van der Waals surface area contributed by atoms with E-state index >= 15 is 0 Å². The topological polar surface area (TPSA) is 113 Å². The van der Waals surface area contributed by atoms with Gasteiger partial charge in [0, 0.05) is 25.9 Å². The van der Waals surface area contributed by atoms with Crippen molar-refractivity contribution in [3.8, 4) is 0 Å². The van der Waals surface area contributed by atoms with Crippen molar-refractivity contribution in [1.29, 1.82) is 0 Å². The van der Waals surface area contributed by atoms with Crippen molar-refractivity contribution >= 4 is 5.91 Å². The second kappa shape index (κ2) is 6.72. The number of aliphatic hydroxyl groups excluding tert-OH is 1. The minimum atomic E-state index is -0.800. The number of hydrogen-bond acceptors (Lipinski definition) is 5. The van der Waals surface area contributed by atoms with Gasteiger partial charge in [0.05, 0.1) is 12.7 Å². The van der Waals surface area contributed by atoms with E-state index in [1.54, 1.807) is 0 Å². The number of H-pyrrole nitrogens is 1. The number of ether oxygens (including phenoxy) is 1. The first kappa shape index (κ1) is 14.1. The zero-order valence-corrected chi connectivity index (χ0v) is 9.88. The molecular weight excluding hydrogens is 242 g/mol.